The summed E-state index contributed by atoms with van der Waals surface area (Å²) in [6.07, 6.45) is 2.29. The third-order valence-electron chi connectivity index (χ3n) is 5.76. The van der Waals surface area contributed by atoms with Crippen LogP contribution in [0.4, 0.5) is 24.5 Å². The van der Waals surface area contributed by atoms with Crippen molar-refractivity contribution in [2.75, 3.05) is 10.6 Å². The molecular formula is C26H24ClF3N4O2S. The molecule has 0 saturated heterocycles. The van der Waals surface area contributed by atoms with Gasteiger partial charge in [-0.2, -0.15) is 13.2 Å². The molecular weight excluding hydrogens is 525 g/mol. The number of halogens is 4. The van der Waals surface area contributed by atoms with Gasteiger partial charge in [-0.3, -0.25) is 9.78 Å². The number of carbonyl (C=O) groups is 1. The quantitative estimate of drug-likeness (QED) is 0.278. The molecule has 1 fully saturated rings. The predicted octanol–water partition coefficient (Wildman–Crippen LogP) is 7.42. The number of thiocarbonyl (C=S) groups is 1. The summed E-state index contributed by atoms with van der Waals surface area (Å²) in [5.74, 6) is 0.658. The minimum absolute atomic E-state index is 0.0816. The SMILES string of the molecule is O=C(NC1CCCCC1)c1cc(Oc2cccc(NC(=S)Nc3ccc(Cl)c(C(F)(F)F)c3)c2)ccn1. The third-order valence-corrected chi connectivity index (χ3v) is 6.30. The monoisotopic (exact) mass is 548 g/mol. The number of nitrogens with zero attached hydrogens (tertiary/aromatic N) is 1. The Morgan fingerprint density at radius 3 is 2.41 bits per heavy atom. The number of pyridine rings is 1. The standard InChI is InChI=1S/C26H24ClF3N4O2S/c27-22-10-9-18(14-21(22)26(28,29)30)34-25(37)33-17-7-4-8-19(13-17)36-20-11-12-31-23(15-20)24(35)32-16-5-2-1-3-6-16/h4,7-16H,1-3,5-6H2,(H,32,35)(H2,33,34,37). The van der Waals surface area contributed by atoms with Crippen LogP contribution >= 0.6 is 23.8 Å². The first-order valence-corrected chi connectivity index (χ1v) is 12.5. The van der Waals surface area contributed by atoms with Gasteiger partial charge in [-0.25, -0.2) is 0 Å². The molecule has 1 aromatic heterocycles. The van der Waals surface area contributed by atoms with E-state index in [1.165, 1.54) is 18.7 Å². The fourth-order valence-electron chi connectivity index (χ4n) is 3.99. The molecule has 0 bridgehead atoms. The fraction of sp³-hybridized carbons (Fsp3) is 0.269. The normalized spacial score (nSPS) is 14.1. The molecule has 0 unspecified atom stereocenters. The second kappa shape index (κ2) is 11.8. The summed E-state index contributed by atoms with van der Waals surface area (Å²) >= 11 is 10.9. The highest BCUT2D eigenvalue weighted by Crippen LogP contribution is 2.36. The van der Waals surface area contributed by atoms with Crippen LogP contribution in [0, 0.1) is 0 Å². The lowest BCUT2D eigenvalue weighted by Crippen LogP contribution is -2.36. The van der Waals surface area contributed by atoms with Crippen molar-refractivity contribution in [1.82, 2.24) is 10.3 Å². The van der Waals surface area contributed by atoms with Gasteiger partial charge >= 0.3 is 6.18 Å². The zero-order chi connectivity index (χ0) is 26.4. The molecule has 0 radical (unpaired) electrons. The fourth-order valence-corrected chi connectivity index (χ4v) is 4.45. The van der Waals surface area contributed by atoms with Gasteiger partial charge in [0.05, 0.1) is 10.6 Å². The van der Waals surface area contributed by atoms with Crippen molar-refractivity contribution in [2.45, 2.75) is 44.3 Å². The van der Waals surface area contributed by atoms with Gasteiger partial charge in [-0.15, -0.1) is 0 Å². The van der Waals surface area contributed by atoms with Gasteiger partial charge < -0.3 is 20.7 Å². The van der Waals surface area contributed by atoms with Gasteiger partial charge in [0.15, 0.2) is 5.11 Å². The summed E-state index contributed by atoms with van der Waals surface area (Å²) in [5, 5.41) is 8.35. The van der Waals surface area contributed by atoms with Crippen molar-refractivity contribution >= 4 is 46.2 Å². The molecule has 1 aliphatic carbocycles. The van der Waals surface area contributed by atoms with Crippen LogP contribution in [0.25, 0.3) is 0 Å². The Morgan fingerprint density at radius 2 is 1.68 bits per heavy atom. The molecule has 2 aromatic carbocycles. The largest absolute Gasteiger partial charge is 0.457 e. The van der Waals surface area contributed by atoms with Gasteiger partial charge in [0.25, 0.3) is 5.91 Å². The minimum Gasteiger partial charge on any atom is -0.457 e. The lowest BCUT2D eigenvalue weighted by atomic mass is 9.95. The van der Waals surface area contributed by atoms with Crippen LogP contribution in [-0.4, -0.2) is 22.0 Å². The summed E-state index contributed by atoms with van der Waals surface area (Å²) in [6.45, 7) is 0. The maximum atomic E-state index is 13.1. The van der Waals surface area contributed by atoms with Crippen LogP contribution in [0.1, 0.15) is 48.2 Å². The van der Waals surface area contributed by atoms with E-state index in [-0.39, 0.29) is 28.4 Å². The number of aromatic nitrogens is 1. The average molecular weight is 549 g/mol. The third kappa shape index (κ3) is 7.56. The lowest BCUT2D eigenvalue weighted by molar-refractivity contribution is -0.137. The molecule has 0 aliphatic heterocycles. The number of hydrogen-bond acceptors (Lipinski definition) is 4. The molecule has 3 aromatic rings. The first kappa shape index (κ1) is 26.7. The second-order valence-corrected chi connectivity index (χ2v) is 9.40. The molecule has 37 heavy (non-hydrogen) atoms. The maximum Gasteiger partial charge on any atom is 0.417 e. The van der Waals surface area contributed by atoms with E-state index in [2.05, 4.69) is 20.9 Å². The van der Waals surface area contributed by atoms with Gasteiger partial charge in [0.2, 0.25) is 0 Å². The molecule has 3 N–H and O–H groups in total. The number of hydrogen-bond donors (Lipinski definition) is 3. The average Bonchev–Trinajstić information content (AvgIpc) is 2.85. The van der Waals surface area contributed by atoms with Crippen molar-refractivity contribution in [3.05, 3.63) is 77.1 Å². The van der Waals surface area contributed by atoms with Gasteiger partial charge in [-0.05, 0) is 61.5 Å². The number of nitrogens with one attached hydrogen (secondary N) is 3. The van der Waals surface area contributed by atoms with E-state index in [1.54, 1.807) is 36.4 Å². The lowest BCUT2D eigenvalue weighted by Gasteiger charge is -2.22. The van der Waals surface area contributed by atoms with Crippen LogP contribution in [0.3, 0.4) is 0 Å². The maximum absolute atomic E-state index is 13.1. The van der Waals surface area contributed by atoms with Crippen LogP contribution in [0.5, 0.6) is 11.5 Å². The second-order valence-electron chi connectivity index (χ2n) is 8.59. The predicted molar refractivity (Wildman–Crippen MR) is 141 cm³/mol. The first-order chi connectivity index (χ1) is 17.7. The van der Waals surface area contributed by atoms with Crippen molar-refractivity contribution in [3.63, 3.8) is 0 Å². The number of alkyl halides is 3. The topological polar surface area (TPSA) is 75.3 Å². The highest BCUT2D eigenvalue weighted by atomic mass is 35.5. The highest BCUT2D eigenvalue weighted by molar-refractivity contribution is 7.80. The Hall–Kier alpha value is -3.37. The van der Waals surface area contributed by atoms with Crippen LogP contribution < -0.4 is 20.7 Å². The summed E-state index contributed by atoms with van der Waals surface area (Å²) in [6, 6.07) is 13.7. The van der Waals surface area contributed by atoms with E-state index in [9.17, 15) is 18.0 Å². The van der Waals surface area contributed by atoms with Gasteiger partial charge in [-0.1, -0.05) is 36.9 Å². The van der Waals surface area contributed by atoms with Crippen molar-refractivity contribution in [2.24, 2.45) is 0 Å². The Bertz CT molecular complexity index is 1280. The smallest absolute Gasteiger partial charge is 0.417 e. The van der Waals surface area contributed by atoms with E-state index in [1.807, 2.05) is 0 Å². The molecule has 1 aliphatic rings. The molecule has 1 heterocycles. The Morgan fingerprint density at radius 1 is 0.973 bits per heavy atom. The Labute approximate surface area is 222 Å². The number of carbonyl (C=O) groups excluding carboxylic acids is 1. The Kier molecular flexibility index (Phi) is 8.50. The summed E-state index contributed by atoms with van der Waals surface area (Å²) in [4.78, 5) is 16.8. The van der Waals surface area contributed by atoms with Crippen LogP contribution in [0.15, 0.2) is 60.8 Å². The Balaban J connectivity index is 1.38. The van der Waals surface area contributed by atoms with Crippen molar-refractivity contribution in [1.29, 1.82) is 0 Å². The first-order valence-electron chi connectivity index (χ1n) is 11.7. The molecule has 6 nitrogen and oxygen atoms in total. The molecule has 0 atom stereocenters. The van der Waals surface area contributed by atoms with E-state index in [0.29, 0.717) is 17.2 Å². The van der Waals surface area contributed by atoms with E-state index in [4.69, 9.17) is 28.6 Å². The van der Waals surface area contributed by atoms with E-state index < -0.39 is 16.8 Å². The molecule has 194 valence electrons. The van der Waals surface area contributed by atoms with Gasteiger partial charge in [0, 0.05) is 35.7 Å². The highest BCUT2D eigenvalue weighted by Gasteiger charge is 2.33. The number of ether oxygens (including phenoxy) is 1. The van der Waals surface area contributed by atoms with Crippen LogP contribution in [-0.2, 0) is 6.18 Å². The van der Waals surface area contributed by atoms with Gasteiger partial charge in [0.1, 0.15) is 17.2 Å². The summed E-state index contributed by atoms with van der Waals surface area (Å²) in [7, 11) is 0. The summed E-state index contributed by atoms with van der Waals surface area (Å²) < 4.78 is 45.2. The molecule has 11 heteroatoms. The number of amides is 1. The van der Waals surface area contributed by atoms with Crippen molar-refractivity contribution in [3.8, 4) is 11.5 Å². The van der Waals surface area contributed by atoms with E-state index >= 15 is 0 Å². The number of benzene rings is 2. The van der Waals surface area contributed by atoms with E-state index in [0.717, 1.165) is 37.8 Å². The minimum atomic E-state index is -4.58. The molecule has 0 spiro atoms. The number of rotatable bonds is 6. The van der Waals surface area contributed by atoms with Crippen molar-refractivity contribution < 1.29 is 22.7 Å². The number of anilines is 2. The molecule has 1 amide bonds. The van der Waals surface area contributed by atoms with Crippen LogP contribution in [0.2, 0.25) is 5.02 Å². The summed E-state index contributed by atoms with van der Waals surface area (Å²) in [5.41, 5.74) is -0.00722. The zero-order valence-corrected chi connectivity index (χ0v) is 21.1. The molecule has 4 rings (SSSR count). The zero-order valence-electron chi connectivity index (χ0n) is 19.6. The molecule has 1 saturated carbocycles.